The number of pyridine rings is 1. The van der Waals surface area contributed by atoms with Crippen LogP contribution in [0.2, 0.25) is 0 Å². The van der Waals surface area contributed by atoms with Gasteiger partial charge in [0.05, 0.1) is 17.7 Å². The number of methoxy groups -OCH3 is 1. The molecule has 1 aromatic heterocycles. The Morgan fingerprint density at radius 1 is 1.50 bits per heavy atom. The third-order valence-electron chi connectivity index (χ3n) is 3.41. The molecule has 0 spiro atoms. The fourth-order valence-electron chi connectivity index (χ4n) is 2.41. The van der Waals surface area contributed by atoms with Crippen molar-refractivity contribution in [3.8, 4) is 0 Å². The van der Waals surface area contributed by atoms with E-state index in [1.54, 1.807) is 32.6 Å². The van der Waals surface area contributed by atoms with E-state index < -0.39 is 0 Å². The lowest BCUT2D eigenvalue weighted by Gasteiger charge is -2.20. The van der Waals surface area contributed by atoms with Crippen molar-refractivity contribution in [2.24, 2.45) is 0 Å². The summed E-state index contributed by atoms with van der Waals surface area (Å²) in [6.45, 7) is 0. The first kappa shape index (κ1) is 12.8. The van der Waals surface area contributed by atoms with Crippen molar-refractivity contribution in [3.05, 3.63) is 24.0 Å². The molecular weight excluding hydrogens is 230 g/mol. The van der Waals surface area contributed by atoms with E-state index in [1.807, 2.05) is 0 Å². The van der Waals surface area contributed by atoms with E-state index in [9.17, 15) is 4.79 Å². The van der Waals surface area contributed by atoms with E-state index in [0.717, 1.165) is 24.9 Å². The van der Waals surface area contributed by atoms with E-state index in [0.29, 0.717) is 5.56 Å². The second-order valence-corrected chi connectivity index (χ2v) is 4.46. The van der Waals surface area contributed by atoms with Crippen LogP contribution in [0.5, 0.6) is 0 Å². The highest BCUT2D eigenvalue weighted by atomic mass is 16.5. The van der Waals surface area contributed by atoms with Crippen LogP contribution >= 0.6 is 0 Å². The number of hydrogen-bond donors (Lipinski definition) is 2. The molecule has 1 fully saturated rings. The number of ether oxygens (including phenoxy) is 1. The molecule has 2 atom stereocenters. The lowest BCUT2D eigenvalue weighted by Crippen LogP contribution is -2.40. The minimum Gasteiger partial charge on any atom is -0.387 e. The highest BCUT2D eigenvalue weighted by Crippen LogP contribution is 2.22. The second kappa shape index (κ2) is 5.82. The molecule has 0 radical (unpaired) electrons. The summed E-state index contributed by atoms with van der Waals surface area (Å²) in [5.74, 6) is -0.0959. The second-order valence-electron chi connectivity index (χ2n) is 4.46. The fourth-order valence-corrected chi connectivity index (χ4v) is 2.41. The molecule has 5 heteroatoms. The van der Waals surface area contributed by atoms with E-state index in [4.69, 9.17) is 4.74 Å². The van der Waals surface area contributed by atoms with E-state index in [-0.39, 0.29) is 18.1 Å². The van der Waals surface area contributed by atoms with E-state index in [1.165, 1.54) is 0 Å². The van der Waals surface area contributed by atoms with Crippen molar-refractivity contribution in [2.45, 2.75) is 31.4 Å². The van der Waals surface area contributed by atoms with E-state index in [2.05, 4.69) is 15.6 Å². The molecule has 1 saturated carbocycles. The van der Waals surface area contributed by atoms with Crippen LogP contribution in [-0.2, 0) is 4.74 Å². The van der Waals surface area contributed by atoms with Gasteiger partial charge in [0.2, 0.25) is 0 Å². The summed E-state index contributed by atoms with van der Waals surface area (Å²) in [5.41, 5.74) is 1.36. The average Bonchev–Trinajstić information content (AvgIpc) is 2.85. The lowest BCUT2D eigenvalue weighted by atomic mass is 10.1. The van der Waals surface area contributed by atoms with Gasteiger partial charge in [0.15, 0.2) is 0 Å². The summed E-state index contributed by atoms with van der Waals surface area (Å²) in [6.07, 6.45) is 6.44. The zero-order valence-corrected chi connectivity index (χ0v) is 10.8. The first-order chi connectivity index (χ1) is 8.76. The fraction of sp³-hybridized carbons (Fsp3) is 0.538. The highest BCUT2D eigenvalue weighted by Gasteiger charge is 2.29. The van der Waals surface area contributed by atoms with Crippen LogP contribution in [0.3, 0.4) is 0 Å². The monoisotopic (exact) mass is 249 g/mol. The van der Waals surface area contributed by atoms with Crippen molar-refractivity contribution in [2.75, 3.05) is 19.5 Å². The quantitative estimate of drug-likeness (QED) is 0.847. The molecule has 0 saturated heterocycles. The largest absolute Gasteiger partial charge is 0.387 e. The Bertz CT molecular complexity index is 422. The lowest BCUT2D eigenvalue weighted by molar-refractivity contribution is 0.0722. The Morgan fingerprint density at radius 2 is 2.33 bits per heavy atom. The highest BCUT2D eigenvalue weighted by molar-refractivity contribution is 5.99. The molecule has 2 rings (SSSR count). The molecule has 0 aliphatic heterocycles. The number of nitrogens with one attached hydrogen (secondary N) is 2. The van der Waals surface area contributed by atoms with Gasteiger partial charge < -0.3 is 15.4 Å². The first-order valence-corrected chi connectivity index (χ1v) is 6.21. The molecule has 1 aliphatic carbocycles. The molecule has 98 valence electrons. The number of anilines is 1. The Morgan fingerprint density at radius 3 is 3.06 bits per heavy atom. The van der Waals surface area contributed by atoms with Crippen molar-refractivity contribution in [1.29, 1.82) is 0 Å². The van der Waals surface area contributed by atoms with Crippen LogP contribution in [0.4, 0.5) is 5.69 Å². The topological polar surface area (TPSA) is 63.2 Å². The summed E-state index contributed by atoms with van der Waals surface area (Å²) >= 11 is 0. The third-order valence-corrected chi connectivity index (χ3v) is 3.41. The van der Waals surface area contributed by atoms with Crippen molar-refractivity contribution in [1.82, 2.24) is 10.3 Å². The number of nitrogens with zero attached hydrogens (tertiary/aromatic N) is 1. The zero-order valence-electron chi connectivity index (χ0n) is 10.8. The zero-order chi connectivity index (χ0) is 13.0. The summed E-state index contributed by atoms with van der Waals surface area (Å²) in [4.78, 5) is 16.2. The maximum Gasteiger partial charge on any atom is 0.255 e. The molecule has 18 heavy (non-hydrogen) atoms. The molecule has 1 aromatic rings. The Labute approximate surface area is 107 Å². The standard InChI is InChI=1S/C13H19N3O2/c1-14-10-6-7-15-8-9(10)13(17)16-11-4-3-5-12(11)18-2/h6-8,11-12H,3-5H2,1-2H3,(H,14,15)(H,16,17). The third kappa shape index (κ3) is 2.61. The first-order valence-electron chi connectivity index (χ1n) is 6.21. The molecule has 1 amide bonds. The minimum atomic E-state index is -0.0959. The number of carbonyl (C=O) groups is 1. The molecule has 5 nitrogen and oxygen atoms in total. The predicted octanol–water partition coefficient (Wildman–Crippen LogP) is 1.42. The maximum absolute atomic E-state index is 12.2. The van der Waals surface area contributed by atoms with Crippen LogP contribution in [0.1, 0.15) is 29.6 Å². The molecule has 0 bridgehead atoms. The number of amides is 1. The van der Waals surface area contributed by atoms with Crippen molar-refractivity contribution in [3.63, 3.8) is 0 Å². The van der Waals surface area contributed by atoms with Crippen LogP contribution in [-0.4, -0.2) is 37.2 Å². The van der Waals surface area contributed by atoms with Crippen LogP contribution in [0, 0.1) is 0 Å². The minimum absolute atomic E-state index is 0.0959. The Hall–Kier alpha value is -1.62. The average molecular weight is 249 g/mol. The Balaban J connectivity index is 2.07. The van der Waals surface area contributed by atoms with Gasteiger partial charge in [-0.3, -0.25) is 9.78 Å². The summed E-state index contributed by atoms with van der Waals surface area (Å²) < 4.78 is 5.37. The van der Waals surface area contributed by atoms with Gasteiger partial charge in [0, 0.05) is 32.2 Å². The number of rotatable bonds is 4. The molecule has 1 aliphatic rings. The Kier molecular flexibility index (Phi) is 4.15. The number of aromatic nitrogens is 1. The molecule has 2 unspecified atom stereocenters. The summed E-state index contributed by atoms with van der Waals surface area (Å²) in [5, 5.41) is 6.02. The van der Waals surface area contributed by atoms with Crippen molar-refractivity contribution < 1.29 is 9.53 Å². The predicted molar refractivity (Wildman–Crippen MR) is 69.7 cm³/mol. The van der Waals surface area contributed by atoms with Gasteiger partial charge in [0.1, 0.15) is 0 Å². The summed E-state index contributed by atoms with van der Waals surface area (Å²) in [6, 6.07) is 1.89. The SMILES string of the molecule is CNc1ccncc1C(=O)NC1CCCC1OC. The molecule has 1 heterocycles. The van der Waals surface area contributed by atoms with Gasteiger partial charge in [-0.15, -0.1) is 0 Å². The summed E-state index contributed by atoms with van der Waals surface area (Å²) in [7, 11) is 3.48. The molecule has 0 aromatic carbocycles. The maximum atomic E-state index is 12.2. The van der Waals surface area contributed by atoms with Crippen LogP contribution in [0.15, 0.2) is 18.5 Å². The van der Waals surface area contributed by atoms with Crippen LogP contribution in [0.25, 0.3) is 0 Å². The van der Waals surface area contributed by atoms with Gasteiger partial charge >= 0.3 is 0 Å². The van der Waals surface area contributed by atoms with Gasteiger partial charge in [-0.25, -0.2) is 0 Å². The van der Waals surface area contributed by atoms with Gasteiger partial charge in [-0.1, -0.05) is 0 Å². The van der Waals surface area contributed by atoms with Crippen molar-refractivity contribution >= 4 is 11.6 Å². The number of carbonyl (C=O) groups excluding carboxylic acids is 1. The van der Waals surface area contributed by atoms with Crippen LogP contribution < -0.4 is 10.6 Å². The number of hydrogen-bond acceptors (Lipinski definition) is 4. The molecule has 2 N–H and O–H groups in total. The van der Waals surface area contributed by atoms with Gasteiger partial charge in [0.25, 0.3) is 5.91 Å². The molecular formula is C13H19N3O2. The smallest absolute Gasteiger partial charge is 0.255 e. The normalized spacial score (nSPS) is 22.8. The van der Waals surface area contributed by atoms with E-state index >= 15 is 0 Å². The van der Waals surface area contributed by atoms with Gasteiger partial charge in [-0.2, -0.15) is 0 Å². The van der Waals surface area contributed by atoms with Gasteiger partial charge in [-0.05, 0) is 25.3 Å².